The fraction of sp³-hybridized carbons (Fsp3) is 0.400. The van der Waals surface area contributed by atoms with Crippen LogP contribution in [0.15, 0.2) is 28.9 Å². The average molecular weight is 303 g/mol. The zero-order valence-corrected chi connectivity index (χ0v) is 13.1. The summed E-state index contributed by atoms with van der Waals surface area (Å²) < 4.78 is 4.96. The normalized spacial score (nSPS) is 10.7. The van der Waals surface area contributed by atoms with Crippen molar-refractivity contribution in [3.05, 3.63) is 35.7 Å². The molecule has 0 spiro atoms. The van der Waals surface area contributed by atoms with Crippen LogP contribution in [-0.4, -0.2) is 48.1 Å². The van der Waals surface area contributed by atoms with Gasteiger partial charge in [0, 0.05) is 18.8 Å². The third-order valence-corrected chi connectivity index (χ3v) is 2.98. The van der Waals surface area contributed by atoms with Gasteiger partial charge in [-0.25, -0.2) is 4.98 Å². The van der Waals surface area contributed by atoms with Crippen LogP contribution < -0.4 is 10.6 Å². The quantitative estimate of drug-likeness (QED) is 0.759. The number of amides is 1. The fourth-order valence-electron chi connectivity index (χ4n) is 1.86. The van der Waals surface area contributed by atoms with Gasteiger partial charge in [0.1, 0.15) is 11.6 Å². The van der Waals surface area contributed by atoms with Gasteiger partial charge in [-0.05, 0) is 46.1 Å². The lowest BCUT2D eigenvalue weighted by Gasteiger charge is -2.10. The van der Waals surface area contributed by atoms with Crippen molar-refractivity contribution in [2.75, 3.05) is 32.5 Å². The minimum absolute atomic E-state index is 0.116. The number of hydrogen-bond acceptors (Lipinski definition) is 6. The second-order valence-electron chi connectivity index (χ2n) is 5.29. The first kappa shape index (κ1) is 16.0. The molecule has 7 nitrogen and oxygen atoms in total. The highest BCUT2D eigenvalue weighted by Crippen LogP contribution is 2.14. The van der Waals surface area contributed by atoms with E-state index in [2.05, 4.69) is 25.7 Å². The minimum atomic E-state index is -0.116. The van der Waals surface area contributed by atoms with E-state index >= 15 is 0 Å². The van der Waals surface area contributed by atoms with E-state index in [1.165, 1.54) is 6.20 Å². The molecule has 118 valence electrons. The van der Waals surface area contributed by atoms with Crippen molar-refractivity contribution < 1.29 is 9.32 Å². The van der Waals surface area contributed by atoms with E-state index in [0.29, 0.717) is 23.7 Å². The summed E-state index contributed by atoms with van der Waals surface area (Å²) in [4.78, 5) is 18.2. The highest BCUT2D eigenvalue weighted by atomic mass is 16.5. The molecule has 0 aliphatic rings. The van der Waals surface area contributed by atoms with Gasteiger partial charge in [-0.1, -0.05) is 5.16 Å². The van der Waals surface area contributed by atoms with E-state index in [1.54, 1.807) is 18.2 Å². The summed E-state index contributed by atoms with van der Waals surface area (Å²) in [6, 6.07) is 5.23. The molecule has 2 N–H and O–H groups in total. The number of nitrogens with zero attached hydrogens (tertiary/aromatic N) is 3. The molecule has 1 amide bonds. The van der Waals surface area contributed by atoms with Crippen molar-refractivity contribution in [1.82, 2.24) is 20.4 Å². The van der Waals surface area contributed by atoms with E-state index in [-0.39, 0.29) is 5.91 Å². The third kappa shape index (κ3) is 4.85. The molecule has 7 heteroatoms. The standard InChI is InChI=1S/C15H21N5O2/c1-11-9-14(19-22-11)18-13-6-5-12(10-17-13)15(21)16-7-4-8-20(2)3/h5-6,9-10H,4,7-8H2,1-3H3,(H,16,21)(H,17,18,19). The van der Waals surface area contributed by atoms with Crippen LogP contribution in [0.4, 0.5) is 11.6 Å². The molecule has 0 radical (unpaired) electrons. The first-order valence-electron chi connectivity index (χ1n) is 7.14. The van der Waals surface area contributed by atoms with E-state index in [4.69, 9.17) is 4.52 Å². The van der Waals surface area contributed by atoms with Gasteiger partial charge in [0.25, 0.3) is 5.91 Å². The molecule has 0 saturated carbocycles. The number of carbonyl (C=O) groups excluding carboxylic acids is 1. The molecule has 0 aliphatic heterocycles. The Labute approximate surface area is 129 Å². The van der Waals surface area contributed by atoms with Gasteiger partial charge in [-0.15, -0.1) is 0 Å². The second kappa shape index (κ2) is 7.56. The monoisotopic (exact) mass is 303 g/mol. The molecule has 0 aromatic carbocycles. The Morgan fingerprint density at radius 2 is 2.14 bits per heavy atom. The maximum Gasteiger partial charge on any atom is 0.252 e. The molecule has 22 heavy (non-hydrogen) atoms. The van der Waals surface area contributed by atoms with Crippen LogP contribution >= 0.6 is 0 Å². The Hall–Kier alpha value is -2.41. The maximum atomic E-state index is 11.9. The Bertz CT molecular complexity index is 607. The maximum absolute atomic E-state index is 11.9. The van der Waals surface area contributed by atoms with Gasteiger partial charge < -0.3 is 20.1 Å². The summed E-state index contributed by atoms with van der Waals surface area (Å²) in [7, 11) is 4.02. The summed E-state index contributed by atoms with van der Waals surface area (Å²) in [5, 5.41) is 9.70. The van der Waals surface area contributed by atoms with Crippen LogP contribution in [0.3, 0.4) is 0 Å². The number of carbonyl (C=O) groups is 1. The Kier molecular flexibility index (Phi) is 5.48. The molecule has 0 unspecified atom stereocenters. The lowest BCUT2D eigenvalue weighted by atomic mass is 10.2. The molecule has 0 fully saturated rings. The number of pyridine rings is 1. The lowest BCUT2D eigenvalue weighted by molar-refractivity contribution is 0.0952. The molecule has 0 saturated heterocycles. The zero-order valence-electron chi connectivity index (χ0n) is 13.1. The third-order valence-electron chi connectivity index (χ3n) is 2.98. The highest BCUT2D eigenvalue weighted by molar-refractivity contribution is 5.94. The van der Waals surface area contributed by atoms with Crippen LogP contribution in [0.5, 0.6) is 0 Å². The van der Waals surface area contributed by atoms with Gasteiger partial charge >= 0.3 is 0 Å². The molecule has 0 atom stereocenters. The van der Waals surface area contributed by atoms with Crippen LogP contribution in [0.2, 0.25) is 0 Å². The summed E-state index contributed by atoms with van der Waals surface area (Å²) in [6.45, 7) is 3.41. The molecule has 2 aromatic heterocycles. The van der Waals surface area contributed by atoms with Gasteiger partial charge in [-0.3, -0.25) is 4.79 Å². The van der Waals surface area contributed by atoms with E-state index in [9.17, 15) is 4.79 Å². The van der Waals surface area contributed by atoms with Gasteiger partial charge in [0.15, 0.2) is 5.82 Å². The minimum Gasteiger partial charge on any atom is -0.360 e. The summed E-state index contributed by atoms with van der Waals surface area (Å²) in [6.07, 6.45) is 2.45. The van der Waals surface area contributed by atoms with Crippen molar-refractivity contribution >= 4 is 17.5 Å². The first-order valence-corrected chi connectivity index (χ1v) is 7.14. The molecule has 2 aromatic rings. The number of aromatic nitrogens is 2. The first-order chi connectivity index (χ1) is 10.5. The molecular formula is C15H21N5O2. The van der Waals surface area contributed by atoms with Gasteiger partial charge in [-0.2, -0.15) is 0 Å². The predicted molar refractivity (Wildman–Crippen MR) is 84.3 cm³/mol. The van der Waals surface area contributed by atoms with Crippen LogP contribution in [-0.2, 0) is 0 Å². The van der Waals surface area contributed by atoms with E-state index < -0.39 is 0 Å². The summed E-state index contributed by atoms with van der Waals surface area (Å²) >= 11 is 0. The van der Waals surface area contributed by atoms with Crippen molar-refractivity contribution in [3.8, 4) is 0 Å². The summed E-state index contributed by atoms with van der Waals surface area (Å²) in [5.74, 6) is 1.80. The van der Waals surface area contributed by atoms with E-state index in [1.807, 2.05) is 21.0 Å². The number of hydrogen-bond donors (Lipinski definition) is 2. The number of rotatable bonds is 7. The summed E-state index contributed by atoms with van der Waals surface area (Å²) in [5.41, 5.74) is 0.534. The van der Waals surface area contributed by atoms with Crippen molar-refractivity contribution in [3.63, 3.8) is 0 Å². The Balaban J connectivity index is 1.84. The number of anilines is 2. The van der Waals surface area contributed by atoms with Gasteiger partial charge in [0.2, 0.25) is 0 Å². The molecule has 0 bridgehead atoms. The number of aryl methyl sites for hydroxylation is 1. The Morgan fingerprint density at radius 3 is 2.73 bits per heavy atom. The van der Waals surface area contributed by atoms with Crippen LogP contribution in [0.1, 0.15) is 22.5 Å². The average Bonchev–Trinajstić information content (AvgIpc) is 2.89. The molecule has 2 rings (SSSR count). The molecular weight excluding hydrogens is 282 g/mol. The molecule has 2 heterocycles. The zero-order chi connectivity index (χ0) is 15.9. The largest absolute Gasteiger partial charge is 0.360 e. The van der Waals surface area contributed by atoms with Gasteiger partial charge in [0.05, 0.1) is 5.56 Å². The van der Waals surface area contributed by atoms with Crippen molar-refractivity contribution in [1.29, 1.82) is 0 Å². The fourth-order valence-corrected chi connectivity index (χ4v) is 1.86. The number of nitrogens with one attached hydrogen (secondary N) is 2. The van der Waals surface area contributed by atoms with Crippen LogP contribution in [0, 0.1) is 6.92 Å². The second-order valence-corrected chi connectivity index (χ2v) is 5.29. The molecule has 0 aliphatic carbocycles. The van der Waals surface area contributed by atoms with E-state index in [0.717, 1.165) is 18.7 Å². The highest BCUT2D eigenvalue weighted by Gasteiger charge is 2.06. The SMILES string of the molecule is Cc1cc(Nc2ccc(C(=O)NCCCN(C)C)cn2)no1. The topological polar surface area (TPSA) is 83.3 Å². The van der Waals surface area contributed by atoms with Crippen molar-refractivity contribution in [2.24, 2.45) is 0 Å². The van der Waals surface area contributed by atoms with Crippen molar-refractivity contribution in [2.45, 2.75) is 13.3 Å². The Morgan fingerprint density at radius 1 is 1.32 bits per heavy atom. The van der Waals surface area contributed by atoms with Crippen LogP contribution in [0.25, 0.3) is 0 Å². The predicted octanol–water partition coefficient (Wildman–Crippen LogP) is 1.80. The lowest BCUT2D eigenvalue weighted by Crippen LogP contribution is -2.27. The smallest absolute Gasteiger partial charge is 0.252 e.